The number of amides is 1. The van der Waals surface area contributed by atoms with Crippen LogP contribution in [0.3, 0.4) is 0 Å². The molecule has 0 aliphatic carbocycles. The third-order valence-electron chi connectivity index (χ3n) is 5.13. The summed E-state index contributed by atoms with van der Waals surface area (Å²) in [5.74, 6) is 0.570. The van der Waals surface area contributed by atoms with Crippen molar-refractivity contribution in [3.63, 3.8) is 0 Å². The third-order valence-corrected chi connectivity index (χ3v) is 5.13. The van der Waals surface area contributed by atoms with Gasteiger partial charge in [0.25, 0.3) is 5.91 Å². The summed E-state index contributed by atoms with van der Waals surface area (Å²) in [6.45, 7) is 2.92. The zero-order valence-electron chi connectivity index (χ0n) is 16.3. The van der Waals surface area contributed by atoms with Gasteiger partial charge in [0.1, 0.15) is 5.75 Å². The summed E-state index contributed by atoms with van der Waals surface area (Å²) >= 11 is 0. The van der Waals surface area contributed by atoms with Crippen molar-refractivity contribution >= 4 is 11.9 Å². The monoisotopic (exact) mass is 381 g/mol. The van der Waals surface area contributed by atoms with Crippen LogP contribution < -0.4 is 4.74 Å². The van der Waals surface area contributed by atoms with Crippen molar-refractivity contribution < 1.29 is 19.1 Å². The Bertz CT molecular complexity index is 782. The predicted molar refractivity (Wildman–Crippen MR) is 107 cm³/mol. The van der Waals surface area contributed by atoms with E-state index in [-0.39, 0.29) is 19.1 Å². The Hall–Kier alpha value is -2.82. The number of para-hydroxylation sites is 1. The van der Waals surface area contributed by atoms with Crippen molar-refractivity contribution in [1.29, 1.82) is 0 Å². The minimum absolute atomic E-state index is 0.137. The van der Waals surface area contributed by atoms with Crippen LogP contribution in [0.2, 0.25) is 0 Å². The van der Waals surface area contributed by atoms with Crippen molar-refractivity contribution in [2.24, 2.45) is 5.92 Å². The van der Waals surface area contributed by atoms with Crippen LogP contribution in [0.15, 0.2) is 54.6 Å². The van der Waals surface area contributed by atoms with Crippen LogP contribution in [-0.2, 0) is 20.7 Å². The summed E-state index contributed by atoms with van der Waals surface area (Å²) in [6, 6.07) is 17.9. The number of benzene rings is 2. The van der Waals surface area contributed by atoms with Gasteiger partial charge in [-0.3, -0.25) is 4.79 Å². The fourth-order valence-electron chi connectivity index (χ4n) is 3.46. The fourth-order valence-corrected chi connectivity index (χ4v) is 3.46. The van der Waals surface area contributed by atoms with Crippen LogP contribution in [0.1, 0.15) is 24.0 Å². The van der Waals surface area contributed by atoms with Crippen LogP contribution in [0, 0.1) is 12.8 Å². The van der Waals surface area contributed by atoms with E-state index >= 15 is 0 Å². The highest BCUT2D eigenvalue weighted by Gasteiger charge is 2.23. The molecule has 2 aromatic carbocycles. The molecule has 2 aromatic rings. The number of carbonyl (C=O) groups is 2. The maximum atomic E-state index is 12.3. The highest BCUT2D eigenvalue weighted by molar-refractivity contribution is 5.81. The Morgan fingerprint density at radius 2 is 1.64 bits per heavy atom. The average molecular weight is 381 g/mol. The van der Waals surface area contributed by atoms with Gasteiger partial charge in [-0.1, -0.05) is 48.5 Å². The molecule has 1 fully saturated rings. The van der Waals surface area contributed by atoms with Crippen molar-refractivity contribution in [3.05, 3.63) is 65.7 Å². The van der Waals surface area contributed by atoms with E-state index in [4.69, 9.17) is 9.47 Å². The van der Waals surface area contributed by atoms with Crippen LogP contribution in [0.25, 0.3) is 0 Å². The molecular formula is C23H27NO4. The Morgan fingerprint density at radius 1 is 0.964 bits per heavy atom. The molecule has 148 valence electrons. The van der Waals surface area contributed by atoms with E-state index in [9.17, 15) is 9.59 Å². The van der Waals surface area contributed by atoms with Crippen LogP contribution in [0.5, 0.6) is 5.75 Å². The topological polar surface area (TPSA) is 55.8 Å². The summed E-state index contributed by atoms with van der Waals surface area (Å²) in [6.07, 6.45) is 3.00. The Morgan fingerprint density at radius 3 is 2.36 bits per heavy atom. The minimum Gasteiger partial charge on any atom is -0.482 e. The summed E-state index contributed by atoms with van der Waals surface area (Å²) in [7, 11) is 0. The summed E-state index contributed by atoms with van der Waals surface area (Å²) in [5.41, 5.74) is 2.29. The molecule has 1 aliphatic rings. The van der Waals surface area contributed by atoms with Gasteiger partial charge in [-0.2, -0.15) is 0 Å². The summed E-state index contributed by atoms with van der Waals surface area (Å²) in [4.78, 5) is 25.9. The average Bonchev–Trinajstić information content (AvgIpc) is 2.73. The third kappa shape index (κ3) is 5.84. The van der Waals surface area contributed by atoms with E-state index < -0.39 is 5.97 Å². The lowest BCUT2D eigenvalue weighted by Gasteiger charge is -2.32. The highest BCUT2D eigenvalue weighted by atomic mass is 16.6. The quantitative estimate of drug-likeness (QED) is 0.690. The molecule has 0 radical (unpaired) electrons. The number of carbonyl (C=O) groups excluding carboxylic acids is 2. The zero-order valence-corrected chi connectivity index (χ0v) is 16.3. The molecule has 0 atom stereocenters. The molecule has 5 heteroatoms. The standard InChI is InChI=1S/C23H27NO4/c1-18-7-5-6-10-21(18)27-17-23(26)28-16-22(25)24-13-11-20(12-14-24)15-19-8-3-2-4-9-19/h2-10,20H,11-17H2,1H3. The second-order valence-corrected chi connectivity index (χ2v) is 7.23. The fraction of sp³-hybridized carbons (Fsp3) is 0.391. The van der Waals surface area contributed by atoms with Crippen LogP contribution in [-0.4, -0.2) is 43.1 Å². The Labute approximate surface area is 166 Å². The maximum absolute atomic E-state index is 12.3. The molecule has 0 saturated carbocycles. The maximum Gasteiger partial charge on any atom is 0.344 e. The number of piperidine rings is 1. The molecular weight excluding hydrogens is 354 g/mol. The van der Waals surface area contributed by atoms with E-state index in [1.54, 1.807) is 11.0 Å². The lowest BCUT2D eigenvalue weighted by atomic mass is 9.90. The molecule has 0 N–H and O–H groups in total. The van der Waals surface area contributed by atoms with Gasteiger partial charge in [0, 0.05) is 13.1 Å². The SMILES string of the molecule is Cc1ccccc1OCC(=O)OCC(=O)N1CCC(Cc2ccccc2)CC1. The van der Waals surface area contributed by atoms with Crippen molar-refractivity contribution in [2.75, 3.05) is 26.3 Å². The normalized spacial score (nSPS) is 14.5. The number of aryl methyl sites for hydroxylation is 1. The molecule has 0 bridgehead atoms. The summed E-state index contributed by atoms with van der Waals surface area (Å²) < 4.78 is 10.5. The molecule has 0 aromatic heterocycles. The van der Waals surface area contributed by atoms with Gasteiger partial charge in [-0.15, -0.1) is 0 Å². The molecule has 1 saturated heterocycles. The van der Waals surface area contributed by atoms with Gasteiger partial charge in [-0.25, -0.2) is 4.79 Å². The molecule has 3 rings (SSSR count). The van der Waals surface area contributed by atoms with Gasteiger partial charge in [-0.05, 0) is 49.3 Å². The largest absolute Gasteiger partial charge is 0.482 e. The molecule has 5 nitrogen and oxygen atoms in total. The van der Waals surface area contributed by atoms with E-state index in [1.807, 2.05) is 31.2 Å². The number of nitrogens with zero attached hydrogens (tertiary/aromatic N) is 1. The van der Waals surface area contributed by atoms with Gasteiger partial charge in [0.15, 0.2) is 13.2 Å². The van der Waals surface area contributed by atoms with Crippen LogP contribution in [0.4, 0.5) is 0 Å². The lowest BCUT2D eigenvalue weighted by molar-refractivity contribution is -0.154. The second kappa shape index (κ2) is 9.93. The first-order valence-corrected chi connectivity index (χ1v) is 9.77. The smallest absolute Gasteiger partial charge is 0.344 e. The van der Waals surface area contributed by atoms with E-state index in [2.05, 4.69) is 24.3 Å². The molecule has 1 aliphatic heterocycles. The number of esters is 1. The number of ether oxygens (including phenoxy) is 2. The Kier molecular flexibility index (Phi) is 7.06. The van der Waals surface area contributed by atoms with E-state index in [0.717, 1.165) is 24.8 Å². The number of hydrogen-bond donors (Lipinski definition) is 0. The molecule has 0 spiro atoms. The summed E-state index contributed by atoms with van der Waals surface area (Å²) in [5, 5.41) is 0. The first-order chi connectivity index (χ1) is 13.6. The van der Waals surface area contributed by atoms with Crippen molar-refractivity contribution in [1.82, 2.24) is 4.90 Å². The minimum atomic E-state index is -0.532. The first kappa shape index (κ1) is 19.9. The molecule has 0 unspecified atom stereocenters. The molecule has 28 heavy (non-hydrogen) atoms. The van der Waals surface area contributed by atoms with Gasteiger partial charge in [0.2, 0.25) is 0 Å². The predicted octanol–water partition coefficient (Wildman–Crippen LogP) is 3.40. The van der Waals surface area contributed by atoms with E-state index in [0.29, 0.717) is 24.8 Å². The first-order valence-electron chi connectivity index (χ1n) is 9.77. The van der Waals surface area contributed by atoms with E-state index in [1.165, 1.54) is 5.56 Å². The van der Waals surface area contributed by atoms with Crippen molar-refractivity contribution in [2.45, 2.75) is 26.2 Å². The lowest BCUT2D eigenvalue weighted by Crippen LogP contribution is -2.41. The van der Waals surface area contributed by atoms with Gasteiger partial charge >= 0.3 is 5.97 Å². The highest BCUT2D eigenvalue weighted by Crippen LogP contribution is 2.21. The van der Waals surface area contributed by atoms with Gasteiger partial charge < -0.3 is 14.4 Å². The molecule has 1 heterocycles. The second-order valence-electron chi connectivity index (χ2n) is 7.23. The van der Waals surface area contributed by atoms with Crippen LogP contribution >= 0.6 is 0 Å². The number of likely N-dealkylation sites (tertiary alicyclic amines) is 1. The van der Waals surface area contributed by atoms with Crippen molar-refractivity contribution in [3.8, 4) is 5.75 Å². The van der Waals surface area contributed by atoms with Gasteiger partial charge in [0.05, 0.1) is 0 Å². The molecule has 1 amide bonds. The number of hydrogen-bond acceptors (Lipinski definition) is 4. The number of rotatable bonds is 7. The zero-order chi connectivity index (χ0) is 19.8. The Balaban J connectivity index is 1.35.